The molecule has 1 aliphatic heterocycles. The molecule has 0 N–H and O–H groups in total. The van der Waals surface area contributed by atoms with Crippen LogP contribution in [0.2, 0.25) is 0 Å². The molecule has 0 bridgehead atoms. The summed E-state index contributed by atoms with van der Waals surface area (Å²) in [6, 6.07) is 0. The molecule has 4 heteroatoms. The van der Waals surface area contributed by atoms with E-state index in [1.807, 2.05) is 20.8 Å². The van der Waals surface area contributed by atoms with Gasteiger partial charge in [-0.1, -0.05) is 13.3 Å². The first-order valence-electron chi connectivity index (χ1n) is 8.81. The van der Waals surface area contributed by atoms with E-state index in [1.165, 1.54) is 19.3 Å². The van der Waals surface area contributed by atoms with Crippen molar-refractivity contribution in [2.75, 3.05) is 13.1 Å². The van der Waals surface area contributed by atoms with E-state index in [4.69, 9.17) is 4.74 Å². The van der Waals surface area contributed by atoms with Gasteiger partial charge in [0.05, 0.1) is 0 Å². The molecule has 126 valence electrons. The number of carbonyl (C=O) groups excluding carboxylic acids is 2. The van der Waals surface area contributed by atoms with Crippen LogP contribution < -0.4 is 0 Å². The third-order valence-corrected chi connectivity index (χ3v) is 5.07. The Bertz CT molecular complexity index is 405. The summed E-state index contributed by atoms with van der Waals surface area (Å²) in [6.45, 7) is 9.04. The Morgan fingerprint density at radius 2 is 1.68 bits per heavy atom. The van der Waals surface area contributed by atoms with Crippen molar-refractivity contribution in [2.24, 2.45) is 17.8 Å². The standard InChI is InChI=1S/C18H31NO3/c1-5-13-6-8-14(9-7-13)16(20)15-10-11-19(12-15)17(21)22-18(2,3)4/h13-15H,5-12H2,1-4H3. The van der Waals surface area contributed by atoms with Crippen LogP contribution in [0.15, 0.2) is 0 Å². The van der Waals surface area contributed by atoms with E-state index < -0.39 is 5.60 Å². The average Bonchev–Trinajstić information content (AvgIpc) is 2.95. The van der Waals surface area contributed by atoms with E-state index in [1.54, 1.807) is 4.90 Å². The lowest BCUT2D eigenvalue weighted by molar-refractivity contribution is -0.127. The molecule has 1 saturated carbocycles. The van der Waals surface area contributed by atoms with Gasteiger partial charge in [0.25, 0.3) is 0 Å². The molecule has 0 spiro atoms. The number of rotatable bonds is 3. The van der Waals surface area contributed by atoms with Gasteiger partial charge in [-0.3, -0.25) is 4.79 Å². The lowest BCUT2D eigenvalue weighted by Crippen LogP contribution is -2.36. The largest absolute Gasteiger partial charge is 0.444 e. The highest BCUT2D eigenvalue weighted by Gasteiger charge is 2.37. The highest BCUT2D eigenvalue weighted by Crippen LogP contribution is 2.34. The fraction of sp³-hybridized carbons (Fsp3) is 0.889. The SMILES string of the molecule is CCC1CCC(C(=O)C2CCN(C(=O)OC(C)(C)C)C2)CC1. The van der Waals surface area contributed by atoms with Crippen molar-refractivity contribution in [1.82, 2.24) is 4.90 Å². The molecule has 1 atom stereocenters. The Morgan fingerprint density at radius 3 is 2.23 bits per heavy atom. The van der Waals surface area contributed by atoms with Gasteiger partial charge in [-0.15, -0.1) is 0 Å². The van der Waals surface area contributed by atoms with Gasteiger partial charge in [-0.05, 0) is 58.8 Å². The number of likely N-dealkylation sites (tertiary alicyclic amines) is 1. The maximum Gasteiger partial charge on any atom is 0.410 e. The number of amides is 1. The molecular weight excluding hydrogens is 278 g/mol. The van der Waals surface area contributed by atoms with Crippen molar-refractivity contribution in [2.45, 2.75) is 71.8 Å². The molecule has 22 heavy (non-hydrogen) atoms. The first kappa shape index (κ1) is 17.3. The molecule has 0 aromatic heterocycles. The third kappa shape index (κ3) is 4.47. The summed E-state index contributed by atoms with van der Waals surface area (Å²) < 4.78 is 5.40. The van der Waals surface area contributed by atoms with Gasteiger partial charge < -0.3 is 9.64 Å². The molecule has 1 unspecified atom stereocenters. The minimum atomic E-state index is -0.474. The predicted molar refractivity (Wildman–Crippen MR) is 86.7 cm³/mol. The number of Topliss-reactive ketones (excluding diaryl/α,β-unsaturated/α-hetero) is 1. The van der Waals surface area contributed by atoms with Crippen LogP contribution in [0.4, 0.5) is 4.79 Å². The minimum Gasteiger partial charge on any atom is -0.444 e. The minimum absolute atomic E-state index is 0.0238. The highest BCUT2D eigenvalue weighted by molar-refractivity contribution is 5.85. The fourth-order valence-corrected chi connectivity index (χ4v) is 3.67. The van der Waals surface area contributed by atoms with Crippen molar-refractivity contribution in [3.8, 4) is 0 Å². The maximum atomic E-state index is 12.7. The summed E-state index contributed by atoms with van der Waals surface area (Å²) in [4.78, 5) is 26.4. The summed E-state index contributed by atoms with van der Waals surface area (Å²) in [5.41, 5.74) is -0.474. The zero-order valence-corrected chi connectivity index (χ0v) is 14.6. The van der Waals surface area contributed by atoms with Crippen LogP contribution in [0.1, 0.15) is 66.2 Å². The summed E-state index contributed by atoms with van der Waals surface area (Å²) in [5, 5.41) is 0. The molecule has 1 amide bonds. The highest BCUT2D eigenvalue weighted by atomic mass is 16.6. The molecule has 0 aromatic carbocycles. The molecular formula is C18H31NO3. The quantitative estimate of drug-likeness (QED) is 0.790. The van der Waals surface area contributed by atoms with Crippen molar-refractivity contribution >= 4 is 11.9 Å². The van der Waals surface area contributed by atoms with E-state index in [0.29, 0.717) is 18.9 Å². The van der Waals surface area contributed by atoms with Gasteiger partial charge in [-0.2, -0.15) is 0 Å². The number of carbonyl (C=O) groups is 2. The van der Waals surface area contributed by atoms with Crippen molar-refractivity contribution in [3.05, 3.63) is 0 Å². The Hall–Kier alpha value is -1.06. The Balaban J connectivity index is 1.82. The Kier molecular flexibility index (Phi) is 5.51. The predicted octanol–water partition coefficient (Wildman–Crippen LogP) is 4.03. The number of ketones is 1. The van der Waals surface area contributed by atoms with Crippen LogP contribution in [-0.4, -0.2) is 35.5 Å². The fourth-order valence-electron chi connectivity index (χ4n) is 3.67. The number of hydrogen-bond donors (Lipinski definition) is 0. The van der Waals surface area contributed by atoms with E-state index in [9.17, 15) is 9.59 Å². The normalized spacial score (nSPS) is 29.5. The molecule has 4 nitrogen and oxygen atoms in total. The Morgan fingerprint density at radius 1 is 1.05 bits per heavy atom. The lowest BCUT2D eigenvalue weighted by Gasteiger charge is -2.28. The first-order chi connectivity index (χ1) is 10.3. The van der Waals surface area contributed by atoms with Crippen LogP contribution in [0.3, 0.4) is 0 Å². The van der Waals surface area contributed by atoms with Crippen LogP contribution in [-0.2, 0) is 9.53 Å². The summed E-state index contributed by atoms with van der Waals surface area (Å²) >= 11 is 0. The first-order valence-corrected chi connectivity index (χ1v) is 8.81. The van der Waals surface area contributed by atoms with Gasteiger partial charge >= 0.3 is 6.09 Å². The van der Waals surface area contributed by atoms with Crippen LogP contribution >= 0.6 is 0 Å². The van der Waals surface area contributed by atoms with E-state index in [2.05, 4.69) is 6.92 Å². The third-order valence-electron chi connectivity index (χ3n) is 5.07. The van der Waals surface area contributed by atoms with Gasteiger partial charge in [0, 0.05) is 24.9 Å². The van der Waals surface area contributed by atoms with E-state index in [0.717, 1.165) is 25.2 Å². The second-order valence-electron chi connectivity index (χ2n) is 7.94. The molecule has 2 fully saturated rings. The maximum absolute atomic E-state index is 12.7. The zero-order valence-electron chi connectivity index (χ0n) is 14.6. The van der Waals surface area contributed by atoms with Gasteiger partial charge in [-0.25, -0.2) is 4.79 Å². The van der Waals surface area contributed by atoms with Crippen LogP contribution in [0, 0.1) is 17.8 Å². The molecule has 0 aromatic rings. The second-order valence-corrected chi connectivity index (χ2v) is 7.94. The number of hydrogen-bond acceptors (Lipinski definition) is 3. The van der Waals surface area contributed by atoms with E-state index in [-0.39, 0.29) is 17.9 Å². The zero-order chi connectivity index (χ0) is 16.3. The van der Waals surface area contributed by atoms with Gasteiger partial charge in [0.15, 0.2) is 0 Å². The van der Waals surface area contributed by atoms with Crippen molar-refractivity contribution < 1.29 is 14.3 Å². The molecule has 1 heterocycles. The average molecular weight is 309 g/mol. The second kappa shape index (κ2) is 7.01. The molecule has 1 saturated heterocycles. The monoisotopic (exact) mass is 309 g/mol. The topological polar surface area (TPSA) is 46.6 Å². The van der Waals surface area contributed by atoms with Crippen molar-refractivity contribution in [3.63, 3.8) is 0 Å². The number of ether oxygens (including phenoxy) is 1. The smallest absolute Gasteiger partial charge is 0.410 e. The number of nitrogens with zero attached hydrogens (tertiary/aromatic N) is 1. The molecule has 0 radical (unpaired) electrons. The summed E-state index contributed by atoms with van der Waals surface area (Å²) in [7, 11) is 0. The van der Waals surface area contributed by atoms with Crippen LogP contribution in [0.5, 0.6) is 0 Å². The lowest BCUT2D eigenvalue weighted by atomic mass is 9.76. The summed E-state index contributed by atoms with van der Waals surface area (Å²) in [6.07, 6.45) is 6.21. The molecule has 2 aliphatic rings. The van der Waals surface area contributed by atoms with Crippen molar-refractivity contribution in [1.29, 1.82) is 0 Å². The van der Waals surface area contributed by atoms with E-state index >= 15 is 0 Å². The summed E-state index contributed by atoms with van der Waals surface area (Å²) in [5.74, 6) is 1.45. The Labute approximate surface area is 134 Å². The van der Waals surface area contributed by atoms with Gasteiger partial charge in [0.2, 0.25) is 0 Å². The molecule has 1 aliphatic carbocycles. The molecule has 2 rings (SSSR count). The van der Waals surface area contributed by atoms with Gasteiger partial charge in [0.1, 0.15) is 11.4 Å². The van der Waals surface area contributed by atoms with Crippen LogP contribution in [0.25, 0.3) is 0 Å².